The van der Waals surface area contributed by atoms with E-state index in [1.54, 1.807) is 23.7 Å². The van der Waals surface area contributed by atoms with Crippen LogP contribution in [0.3, 0.4) is 0 Å². The molecule has 0 atom stereocenters. The molecule has 0 amide bonds. The predicted octanol–water partition coefficient (Wildman–Crippen LogP) is 2.97. The van der Waals surface area contributed by atoms with E-state index < -0.39 is 5.82 Å². The molecule has 0 fully saturated rings. The number of hydrogen-bond acceptors (Lipinski definition) is 3. The van der Waals surface area contributed by atoms with Crippen molar-refractivity contribution in [2.75, 3.05) is 12.3 Å². The summed E-state index contributed by atoms with van der Waals surface area (Å²) in [5, 5.41) is 0. The zero-order valence-electron chi connectivity index (χ0n) is 10.1. The lowest BCUT2D eigenvalue weighted by atomic mass is 10.1. The summed E-state index contributed by atoms with van der Waals surface area (Å²) in [4.78, 5) is 4.18. The van der Waals surface area contributed by atoms with Crippen LogP contribution in [0, 0.1) is 5.82 Å². The highest BCUT2D eigenvalue weighted by molar-refractivity contribution is 9.10. The monoisotopic (exact) mass is 313 g/mol. The molecule has 2 aromatic rings. The molecule has 2 N–H and O–H groups in total. The van der Waals surface area contributed by atoms with E-state index in [2.05, 4.69) is 20.9 Å². The second-order valence-electron chi connectivity index (χ2n) is 3.75. The summed E-state index contributed by atoms with van der Waals surface area (Å²) in [5.74, 6) is 0.193. The summed E-state index contributed by atoms with van der Waals surface area (Å²) >= 11 is 3.38. The van der Waals surface area contributed by atoms with E-state index in [0.717, 1.165) is 0 Å². The van der Waals surface area contributed by atoms with Crippen LogP contribution in [-0.4, -0.2) is 16.2 Å². The number of benzene rings is 1. The molecule has 0 spiro atoms. The molecule has 0 bridgehead atoms. The van der Waals surface area contributed by atoms with Gasteiger partial charge in [-0.1, -0.05) is 0 Å². The highest BCUT2D eigenvalue weighted by Gasteiger charge is 2.14. The third-order valence-corrected chi connectivity index (χ3v) is 3.47. The summed E-state index contributed by atoms with van der Waals surface area (Å²) in [6, 6.07) is 4.73. The van der Waals surface area contributed by atoms with Crippen molar-refractivity contribution in [1.29, 1.82) is 0 Å². The Morgan fingerprint density at radius 2 is 2.22 bits per heavy atom. The van der Waals surface area contributed by atoms with E-state index in [4.69, 9.17) is 10.5 Å². The first kappa shape index (κ1) is 12.9. The van der Waals surface area contributed by atoms with Crippen molar-refractivity contribution in [3.05, 3.63) is 28.6 Å². The molecule has 0 aliphatic carbocycles. The Bertz CT molecular complexity index is 583. The van der Waals surface area contributed by atoms with Crippen molar-refractivity contribution < 1.29 is 9.13 Å². The van der Waals surface area contributed by atoms with Gasteiger partial charge in [-0.25, -0.2) is 9.37 Å². The van der Waals surface area contributed by atoms with Gasteiger partial charge in [-0.2, -0.15) is 0 Å². The van der Waals surface area contributed by atoms with E-state index in [1.807, 2.05) is 6.92 Å². The van der Waals surface area contributed by atoms with Crippen LogP contribution >= 0.6 is 15.9 Å². The second kappa shape index (κ2) is 4.97. The minimum absolute atomic E-state index is 0.237. The highest BCUT2D eigenvalue weighted by Crippen LogP contribution is 2.31. The van der Waals surface area contributed by atoms with Gasteiger partial charge in [-0.05, 0) is 41.1 Å². The van der Waals surface area contributed by atoms with E-state index in [1.165, 1.54) is 6.07 Å². The Hall–Kier alpha value is -1.56. The fraction of sp³-hybridized carbons (Fsp3) is 0.250. The Labute approximate surface area is 113 Å². The van der Waals surface area contributed by atoms with Crippen molar-refractivity contribution in [3.8, 4) is 17.0 Å². The van der Waals surface area contributed by atoms with Crippen molar-refractivity contribution in [1.82, 2.24) is 9.55 Å². The fourth-order valence-corrected chi connectivity index (χ4v) is 2.10. The van der Waals surface area contributed by atoms with Crippen molar-refractivity contribution in [2.24, 2.45) is 7.05 Å². The molecule has 0 radical (unpaired) electrons. The van der Waals surface area contributed by atoms with Gasteiger partial charge in [0.15, 0.2) is 11.6 Å². The predicted molar refractivity (Wildman–Crippen MR) is 71.9 cm³/mol. The third-order valence-electron chi connectivity index (χ3n) is 2.57. The molecule has 1 heterocycles. The standard InChI is InChI=1S/C12H13BrFN3O/c1-3-18-9-5-4-7(6-8(9)14)10-11(13)17(2)12(15)16-10/h4-6H,3H2,1-2H3,(H2,15,16). The van der Waals surface area contributed by atoms with Crippen LogP contribution in [0.5, 0.6) is 5.75 Å². The number of ether oxygens (including phenoxy) is 1. The molecule has 0 unspecified atom stereocenters. The van der Waals surface area contributed by atoms with Gasteiger partial charge in [0.1, 0.15) is 10.3 Å². The summed E-state index contributed by atoms with van der Waals surface area (Å²) < 4.78 is 21.3. The van der Waals surface area contributed by atoms with Gasteiger partial charge < -0.3 is 15.0 Å². The largest absolute Gasteiger partial charge is 0.491 e. The lowest BCUT2D eigenvalue weighted by Gasteiger charge is -2.06. The number of nitrogens with two attached hydrogens (primary N) is 1. The molecule has 2 rings (SSSR count). The Morgan fingerprint density at radius 3 is 2.72 bits per heavy atom. The normalized spacial score (nSPS) is 10.7. The molecular weight excluding hydrogens is 301 g/mol. The zero-order chi connectivity index (χ0) is 13.3. The van der Waals surface area contributed by atoms with Crippen LogP contribution < -0.4 is 10.5 Å². The smallest absolute Gasteiger partial charge is 0.201 e. The number of hydrogen-bond donors (Lipinski definition) is 1. The van der Waals surface area contributed by atoms with Gasteiger partial charge in [0, 0.05) is 12.6 Å². The topological polar surface area (TPSA) is 53.1 Å². The number of anilines is 1. The fourth-order valence-electron chi connectivity index (χ4n) is 1.60. The second-order valence-corrected chi connectivity index (χ2v) is 4.50. The minimum atomic E-state index is -0.412. The van der Waals surface area contributed by atoms with Gasteiger partial charge >= 0.3 is 0 Å². The lowest BCUT2D eigenvalue weighted by Crippen LogP contribution is -1.96. The van der Waals surface area contributed by atoms with Crippen LogP contribution in [0.2, 0.25) is 0 Å². The SMILES string of the molecule is CCOc1ccc(-c2nc(N)n(C)c2Br)cc1F. The first-order chi connectivity index (χ1) is 8.54. The van der Waals surface area contributed by atoms with Crippen LogP contribution in [0.15, 0.2) is 22.8 Å². The van der Waals surface area contributed by atoms with Crippen LogP contribution in [0.25, 0.3) is 11.3 Å². The Morgan fingerprint density at radius 1 is 1.50 bits per heavy atom. The van der Waals surface area contributed by atoms with Crippen molar-refractivity contribution in [3.63, 3.8) is 0 Å². The van der Waals surface area contributed by atoms with Crippen LogP contribution in [0.1, 0.15) is 6.92 Å². The molecule has 0 saturated carbocycles. The Kier molecular flexibility index (Phi) is 3.56. The van der Waals surface area contributed by atoms with E-state index in [9.17, 15) is 4.39 Å². The highest BCUT2D eigenvalue weighted by atomic mass is 79.9. The molecule has 1 aromatic heterocycles. The van der Waals surface area contributed by atoms with Gasteiger partial charge in [-0.15, -0.1) is 0 Å². The molecule has 96 valence electrons. The third kappa shape index (κ3) is 2.20. The quantitative estimate of drug-likeness (QED) is 0.947. The maximum absolute atomic E-state index is 13.8. The zero-order valence-corrected chi connectivity index (χ0v) is 11.7. The summed E-state index contributed by atoms with van der Waals surface area (Å²) in [6.45, 7) is 2.24. The van der Waals surface area contributed by atoms with E-state index >= 15 is 0 Å². The van der Waals surface area contributed by atoms with Gasteiger partial charge in [0.2, 0.25) is 5.95 Å². The van der Waals surface area contributed by atoms with Gasteiger partial charge in [-0.3, -0.25) is 0 Å². The minimum Gasteiger partial charge on any atom is -0.491 e. The molecule has 0 aliphatic rings. The summed E-state index contributed by atoms with van der Waals surface area (Å²) in [7, 11) is 1.78. The molecule has 6 heteroatoms. The number of nitrogen functional groups attached to an aromatic ring is 1. The average molecular weight is 314 g/mol. The number of aromatic nitrogens is 2. The number of rotatable bonds is 3. The molecule has 4 nitrogen and oxygen atoms in total. The number of imidazole rings is 1. The lowest BCUT2D eigenvalue weighted by molar-refractivity contribution is 0.321. The maximum atomic E-state index is 13.8. The molecular formula is C12H13BrFN3O. The summed E-state index contributed by atoms with van der Waals surface area (Å²) in [5.41, 5.74) is 6.95. The first-order valence-corrected chi connectivity index (χ1v) is 6.24. The van der Waals surface area contributed by atoms with Gasteiger partial charge in [0.05, 0.1) is 6.61 Å². The van der Waals surface area contributed by atoms with Crippen molar-refractivity contribution in [2.45, 2.75) is 6.92 Å². The van der Waals surface area contributed by atoms with Crippen molar-refractivity contribution >= 4 is 21.9 Å². The van der Waals surface area contributed by atoms with Gasteiger partial charge in [0.25, 0.3) is 0 Å². The van der Waals surface area contributed by atoms with Crippen LogP contribution in [-0.2, 0) is 7.05 Å². The van der Waals surface area contributed by atoms with E-state index in [0.29, 0.717) is 28.4 Å². The number of halogens is 2. The molecule has 0 saturated heterocycles. The van der Waals surface area contributed by atoms with E-state index in [-0.39, 0.29) is 5.75 Å². The molecule has 1 aromatic carbocycles. The molecule has 18 heavy (non-hydrogen) atoms. The Balaban J connectivity index is 2.45. The molecule has 0 aliphatic heterocycles. The first-order valence-electron chi connectivity index (χ1n) is 5.45. The maximum Gasteiger partial charge on any atom is 0.201 e. The number of nitrogens with zero attached hydrogens (tertiary/aromatic N) is 2. The average Bonchev–Trinajstić information content (AvgIpc) is 2.60. The summed E-state index contributed by atoms with van der Waals surface area (Å²) in [6.07, 6.45) is 0. The van der Waals surface area contributed by atoms with Crippen LogP contribution in [0.4, 0.5) is 10.3 Å².